The number of rotatable bonds is 11. The van der Waals surface area contributed by atoms with Gasteiger partial charge in [0.15, 0.2) is 18.4 Å². The minimum absolute atomic E-state index is 0.00937. The van der Waals surface area contributed by atoms with Gasteiger partial charge in [-0.1, -0.05) is 60.0 Å². The number of alkyl halides is 1. The number of hydrogen-bond donors (Lipinski definition) is 1. The fourth-order valence-electron chi connectivity index (χ4n) is 9.71. The van der Waals surface area contributed by atoms with E-state index in [0.29, 0.717) is 69.4 Å². The molecule has 5 heterocycles. The molecule has 0 unspecified atom stereocenters. The van der Waals surface area contributed by atoms with Crippen LogP contribution in [0.3, 0.4) is 0 Å². The van der Waals surface area contributed by atoms with Gasteiger partial charge in [0, 0.05) is 50.3 Å². The second-order valence-corrected chi connectivity index (χ2v) is 22.3. The summed E-state index contributed by atoms with van der Waals surface area (Å²) in [4.78, 5) is 16.4. The van der Waals surface area contributed by atoms with Crippen molar-refractivity contribution in [1.29, 1.82) is 0 Å². The van der Waals surface area contributed by atoms with Gasteiger partial charge in [0.2, 0.25) is 0 Å². The summed E-state index contributed by atoms with van der Waals surface area (Å²) < 4.78 is 65.8. The van der Waals surface area contributed by atoms with Crippen LogP contribution in [0.15, 0.2) is 30.5 Å². The second-order valence-electron chi connectivity index (χ2n) is 16.7. The molecule has 1 N–H and O–H groups in total. The number of fused-ring (bicyclic) bond motifs is 3. The Bertz CT molecular complexity index is 2110. The summed E-state index contributed by atoms with van der Waals surface area (Å²) in [6.45, 7) is 16.0. The van der Waals surface area contributed by atoms with E-state index in [1.165, 1.54) is 13.2 Å². The second kappa shape index (κ2) is 16.5. The van der Waals surface area contributed by atoms with Gasteiger partial charge in [0.25, 0.3) is 0 Å². The molecule has 9 nitrogen and oxygen atoms in total. The van der Waals surface area contributed by atoms with Gasteiger partial charge in [-0.05, 0) is 72.4 Å². The Morgan fingerprint density at radius 3 is 2.52 bits per heavy atom. The first-order valence-corrected chi connectivity index (χ1v) is 22.4. The molecule has 3 aliphatic heterocycles. The van der Waals surface area contributed by atoms with Crippen LogP contribution in [-0.4, -0.2) is 86.3 Å². The Labute approximate surface area is 329 Å². The quantitative estimate of drug-likeness (QED) is 0.0909. The zero-order valence-electron chi connectivity index (χ0n) is 33.8. The maximum atomic E-state index is 17.5. The molecule has 0 spiro atoms. The Kier molecular flexibility index (Phi) is 11.8. The molecule has 2 aromatic heterocycles. The molecule has 3 saturated heterocycles. The first-order chi connectivity index (χ1) is 26.9. The number of hydrogen-bond acceptors (Lipinski definition) is 9. The molecule has 13 heteroatoms. The highest BCUT2D eigenvalue weighted by atomic mass is 28.3. The zero-order valence-corrected chi connectivity index (χ0v) is 34.8. The predicted molar refractivity (Wildman–Crippen MR) is 218 cm³/mol. The molecule has 0 bridgehead atoms. The highest BCUT2D eigenvalue weighted by Gasteiger charge is 2.49. The van der Waals surface area contributed by atoms with E-state index < -0.39 is 31.4 Å². The number of methoxy groups -OCH3 is 1. The van der Waals surface area contributed by atoms with E-state index in [2.05, 4.69) is 68.3 Å². The lowest BCUT2D eigenvalue weighted by Gasteiger charge is -2.38. The number of halogens is 3. The number of nitrogens with zero attached hydrogens (tertiary/aromatic N) is 5. The van der Waals surface area contributed by atoms with Crippen molar-refractivity contribution in [2.24, 2.45) is 0 Å². The van der Waals surface area contributed by atoms with Crippen LogP contribution in [0, 0.1) is 23.1 Å². The minimum atomic E-state index is -2.28. The van der Waals surface area contributed by atoms with Crippen molar-refractivity contribution in [3.8, 4) is 34.5 Å². The monoisotopic (exact) mass is 788 g/mol. The molecule has 56 heavy (non-hydrogen) atoms. The maximum absolute atomic E-state index is 17.5. The lowest BCUT2D eigenvalue weighted by molar-refractivity contribution is 0.0512. The van der Waals surface area contributed by atoms with Crippen LogP contribution in [0.25, 0.3) is 32.9 Å². The average molecular weight is 789 g/mol. The molecule has 3 fully saturated rings. The molecule has 0 saturated carbocycles. The molecular formula is C43H55F3N6O3Si. The van der Waals surface area contributed by atoms with Crippen molar-refractivity contribution in [3.63, 3.8) is 0 Å². The van der Waals surface area contributed by atoms with Crippen molar-refractivity contribution < 1.29 is 27.4 Å². The van der Waals surface area contributed by atoms with Gasteiger partial charge in [0.05, 0.1) is 16.5 Å². The standard InChI is InChI=1S/C43H55F3N6O3Si/c1-27(2)56(28(3)4,29(5)6)19-14-33-36(45)13-12-30-20-32(55-26-53-7)21-34(37(30)33)39-38(46)40-35(23-47-39)41(52-18-10-8-9-16-48-52)50-42(49-40)54-25-43-15-11-17-51(43)24-31(44)22-43/h12-13,20-21,23,27-29,31,48H,8-11,15-18,22,24-26H2,1-7H3/t31-,43+/m1/s1. The number of anilines is 1. The number of pyridine rings is 1. The van der Waals surface area contributed by atoms with E-state index in [9.17, 15) is 4.39 Å². The van der Waals surface area contributed by atoms with Crippen molar-refractivity contribution in [3.05, 3.63) is 47.7 Å². The summed E-state index contributed by atoms with van der Waals surface area (Å²) in [6.07, 6.45) is 5.78. The summed E-state index contributed by atoms with van der Waals surface area (Å²) in [5.41, 5.74) is 8.14. The normalized spacial score (nSPS) is 20.6. The summed E-state index contributed by atoms with van der Waals surface area (Å²) in [6, 6.07) is 6.52. The van der Waals surface area contributed by atoms with Gasteiger partial charge in [-0.2, -0.15) is 9.97 Å². The Balaban J connectivity index is 1.42. The fourth-order valence-corrected chi connectivity index (χ4v) is 14.9. The molecule has 3 aliphatic rings. The molecule has 2 aromatic carbocycles. The third-order valence-corrected chi connectivity index (χ3v) is 18.7. The van der Waals surface area contributed by atoms with E-state index in [0.717, 1.165) is 45.2 Å². The van der Waals surface area contributed by atoms with Gasteiger partial charge in [-0.3, -0.25) is 14.9 Å². The van der Waals surface area contributed by atoms with Gasteiger partial charge in [-0.15, -0.1) is 5.54 Å². The number of benzene rings is 2. The van der Waals surface area contributed by atoms with E-state index in [-0.39, 0.29) is 36.2 Å². The van der Waals surface area contributed by atoms with Gasteiger partial charge >= 0.3 is 6.01 Å². The summed E-state index contributed by atoms with van der Waals surface area (Å²) in [7, 11) is -0.760. The van der Waals surface area contributed by atoms with Crippen molar-refractivity contribution >= 4 is 35.6 Å². The van der Waals surface area contributed by atoms with Crippen LogP contribution >= 0.6 is 0 Å². The minimum Gasteiger partial charge on any atom is -0.468 e. The van der Waals surface area contributed by atoms with Gasteiger partial charge in [-0.25, -0.2) is 18.6 Å². The fraction of sp³-hybridized carbons (Fsp3) is 0.558. The third kappa shape index (κ3) is 7.46. The lowest BCUT2D eigenvalue weighted by Crippen LogP contribution is -2.43. The van der Waals surface area contributed by atoms with Crippen LogP contribution < -0.4 is 19.9 Å². The maximum Gasteiger partial charge on any atom is 0.319 e. The van der Waals surface area contributed by atoms with Crippen molar-refractivity contribution in [2.75, 3.05) is 51.7 Å². The smallest absolute Gasteiger partial charge is 0.319 e. The number of nitrogens with one attached hydrogen (secondary N) is 1. The Morgan fingerprint density at radius 2 is 1.77 bits per heavy atom. The van der Waals surface area contributed by atoms with Crippen LogP contribution in [-0.2, 0) is 4.74 Å². The SMILES string of the molecule is COCOc1cc(-c2ncc3c(N4CCCCCN4)nc(OC[C@@]45CCCN4C[C@H](F)C5)nc3c2F)c2c(C#C[Si](C(C)C)(C(C)C)C(C)C)c(F)ccc2c1. The first-order valence-electron chi connectivity index (χ1n) is 20.2. The largest absolute Gasteiger partial charge is 0.468 e. The van der Waals surface area contributed by atoms with E-state index in [1.54, 1.807) is 24.4 Å². The number of ether oxygens (including phenoxy) is 3. The average Bonchev–Trinajstić information content (AvgIpc) is 3.55. The Morgan fingerprint density at radius 1 is 0.982 bits per heavy atom. The topological polar surface area (TPSA) is 84.9 Å². The molecule has 7 rings (SSSR count). The van der Waals surface area contributed by atoms with Crippen LogP contribution in [0.2, 0.25) is 16.6 Å². The summed E-state index contributed by atoms with van der Waals surface area (Å²) >= 11 is 0. The molecule has 0 amide bonds. The highest BCUT2D eigenvalue weighted by Crippen LogP contribution is 2.43. The van der Waals surface area contributed by atoms with Gasteiger partial charge in [0.1, 0.15) is 43.6 Å². The Hall–Kier alpha value is -3.96. The lowest BCUT2D eigenvalue weighted by atomic mass is 9.95. The molecule has 2 atom stereocenters. The molecule has 0 radical (unpaired) electrons. The predicted octanol–water partition coefficient (Wildman–Crippen LogP) is 9.13. The third-order valence-electron chi connectivity index (χ3n) is 12.4. The molecule has 0 aliphatic carbocycles. The summed E-state index contributed by atoms with van der Waals surface area (Å²) in [5, 5.41) is 3.39. The van der Waals surface area contributed by atoms with Crippen molar-refractivity contribution in [2.45, 2.75) is 108 Å². The van der Waals surface area contributed by atoms with E-state index >= 15 is 8.78 Å². The number of hydrazine groups is 1. The van der Waals surface area contributed by atoms with Crippen LogP contribution in [0.1, 0.15) is 85.6 Å². The van der Waals surface area contributed by atoms with Crippen LogP contribution in [0.5, 0.6) is 11.8 Å². The van der Waals surface area contributed by atoms with Gasteiger partial charge < -0.3 is 14.2 Å². The first kappa shape index (κ1) is 40.2. The van der Waals surface area contributed by atoms with Crippen molar-refractivity contribution in [1.82, 2.24) is 25.3 Å². The molecule has 300 valence electrons. The zero-order chi connectivity index (χ0) is 39.8. The number of aromatic nitrogens is 3. The van der Waals surface area contributed by atoms with Crippen LogP contribution in [0.4, 0.5) is 19.0 Å². The summed E-state index contributed by atoms with van der Waals surface area (Å²) in [5.74, 6) is 2.99. The molecule has 4 aromatic rings. The van der Waals surface area contributed by atoms with E-state index in [4.69, 9.17) is 24.2 Å². The van der Waals surface area contributed by atoms with E-state index in [1.807, 2.05) is 5.01 Å². The highest BCUT2D eigenvalue weighted by molar-refractivity contribution is 6.90. The molecular weight excluding hydrogens is 734 g/mol.